The molecule has 13 heavy (non-hydrogen) atoms. The molecule has 0 saturated heterocycles. The average Bonchev–Trinajstić information content (AvgIpc) is 2.48. The van der Waals surface area contributed by atoms with Crippen molar-refractivity contribution in [3.63, 3.8) is 0 Å². The molecule has 0 fully saturated rings. The van der Waals surface area contributed by atoms with Crippen LogP contribution in [0.2, 0.25) is 0 Å². The van der Waals surface area contributed by atoms with E-state index in [4.69, 9.17) is 9.63 Å². The van der Waals surface area contributed by atoms with Crippen LogP contribution in [0.1, 0.15) is 16.1 Å². The SMILES string of the molecule is Cc1noc2nccc(C(=O)O)c12. The van der Waals surface area contributed by atoms with E-state index in [1.807, 2.05) is 0 Å². The molecule has 5 heteroatoms. The van der Waals surface area contributed by atoms with Crippen LogP contribution < -0.4 is 0 Å². The fraction of sp³-hybridized carbons (Fsp3) is 0.125. The highest BCUT2D eigenvalue weighted by Crippen LogP contribution is 2.19. The number of aromatic carboxylic acids is 1. The maximum Gasteiger partial charge on any atom is 0.336 e. The van der Waals surface area contributed by atoms with Gasteiger partial charge in [-0.25, -0.2) is 9.78 Å². The molecule has 0 unspecified atom stereocenters. The molecular weight excluding hydrogens is 172 g/mol. The molecule has 0 atom stereocenters. The van der Waals surface area contributed by atoms with E-state index in [-0.39, 0.29) is 11.3 Å². The van der Waals surface area contributed by atoms with Crippen molar-refractivity contribution in [2.45, 2.75) is 6.92 Å². The largest absolute Gasteiger partial charge is 0.478 e. The molecule has 0 aromatic carbocycles. The Morgan fingerprint density at radius 3 is 3.08 bits per heavy atom. The molecule has 2 aromatic rings. The van der Waals surface area contributed by atoms with E-state index in [1.54, 1.807) is 6.92 Å². The van der Waals surface area contributed by atoms with Crippen molar-refractivity contribution >= 4 is 17.1 Å². The van der Waals surface area contributed by atoms with Gasteiger partial charge in [-0.15, -0.1) is 0 Å². The second kappa shape index (κ2) is 2.55. The summed E-state index contributed by atoms with van der Waals surface area (Å²) in [5.74, 6) is -1.00. The first-order valence-electron chi connectivity index (χ1n) is 3.64. The third kappa shape index (κ3) is 1.05. The Morgan fingerprint density at radius 2 is 2.38 bits per heavy atom. The van der Waals surface area contributed by atoms with E-state index in [9.17, 15) is 4.79 Å². The van der Waals surface area contributed by atoms with Crippen LogP contribution in [-0.4, -0.2) is 21.2 Å². The topological polar surface area (TPSA) is 76.2 Å². The Balaban J connectivity index is 2.88. The fourth-order valence-electron chi connectivity index (χ4n) is 1.20. The molecule has 0 aliphatic carbocycles. The number of fused-ring (bicyclic) bond motifs is 1. The minimum absolute atomic E-state index is 0.170. The predicted octanol–water partition coefficient (Wildman–Crippen LogP) is 1.23. The van der Waals surface area contributed by atoms with Gasteiger partial charge in [0.2, 0.25) is 0 Å². The summed E-state index contributed by atoms with van der Waals surface area (Å²) in [6.45, 7) is 1.68. The highest BCUT2D eigenvalue weighted by Gasteiger charge is 2.14. The van der Waals surface area contributed by atoms with Gasteiger partial charge in [0.05, 0.1) is 16.6 Å². The number of aromatic nitrogens is 2. The number of aryl methyl sites for hydroxylation is 1. The van der Waals surface area contributed by atoms with Gasteiger partial charge in [0.1, 0.15) is 0 Å². The third-order valence-corrected chi connectivity index (χ3v) is 1.78. The van der Waals surface area contributed by atoms with Crippen molar-refractivity contribution in [3.8, 4) is 0 Å². The summed E-state index contributed by atoms with van der Waals surface area (Å²) in [4.78, 5) is 14.6. The third-order valence-electron chi connectivity index (χ3n) is 1.78. The van der Waals surface area contributed by atoms with Crippen LogP contribution in [0.5, 0.6) is 0 Å². The van der Waals surface area contributed by atoms with Gasteiger partial charge in [0, 0.05) is 6.20 Å². The number of carboxylic acid groups (broad SMARTS) is 1. The zero-order valence-electron chi connectivity index (χ0n) is 6.81. The van der Waals surface area contributed by atoms with Gasteiger partial charge in [-0.05, 0) is 13.0 Å². The van der Waals surface area contributed by atoms with Crippen LogP contribution in [0.4, 0.5) is 0 Å². The minimum Gasteiger partial charge on any atom is -0.478 e. The van der Waals surface area contributed by atoms with Gasteiger partial charge in [-0.1, -0.05) is 5.16 Å². The van der Waals surface area contributed by atoms with Gasteiger partial charge < -0.3 is 9.63 Å². The average molecular weight is 178 g/mol. The summed E-state index contributed by atoms with van der Waals surface area (Å²) in [6, 6.07) is 1.43. The molecule has 1 N–H and O–H groups in total. The fourth-order valence-corrected chi connectivity index (χ4v) is 1.20. The highest BCUT2D eigenvalue weighted by atomic mass is 16.5. The lowest BCUT2D eigenvalue weighted by atomic mass is 10.1. The molecule has 5 nitrogen and oxygen atoms in total. The number of rotatable bonds is 1. The van der Waals surface area contributed by atoms with E-state index in [1.165, 1.54) is 12.3 Å². The molecule has 0 aliphatic heterocycles. The monoisotopic (exact) mass is 178 g/mol. The Morgan fingerprint density at radius 1 is 1.62 bits per heavy atom. The van der Waals surface area contributed by atoms with Crippen molar-refractivity contribution in [2.75, 3.05) is 0 Å². The Hall–Kier alpha value is -1.91. The number of carboxylic acids is 1. The normalized spacial score (nSPS) is 10.5. The lowest BCUT2D eigenvalue weighted by molar-refractivity contribution is 0.0699. The Kier molecular flexibility index (Phi) is 1.51. The number of pyridine rings is 1. The van der Waals surface area contributed by atoms with Crippen molar-refractivity contribution in [3.05, 3.63) is 23.5 Å². The highest BCUT2D eigenvalue weighted by molar-refractivity contribution is 6.01. The summed E-state index contributed by atoms with van der Waals surface area (Å²) in [5, 5.41) is 12.9. The second-order valence-corrected chi connectivity index (χ2v) is 2.61. The van der Waals surface area contributed by atoms with Crippen molar-refractivity contribution < 1.29 is 14.4 Å². The van der Waals surface area contributed by atoms with Gasteiger partial charge in [-0.2, -0.15) is 0 Å². The van der Waals surface area contributed by atoms with E-state index in [0.29, 0.717) is 11.1 Å². The van der Waals surface area contributed by atoms with Crippen LogP contribution in [0.3, 0.4) is 0 Å². The quantitative estimate of drug-likeness (QED) is 0.710. The first kappa shape index (κ1) is 7.72. The van der Waals surface area contributed by atoms with Gasteiger partial charge in [0.15, 0.2) is 0 Å². The first-order valence-corrected chi connectivity index (χ1v) is 3.64. The summed E-state index contributed by atoms with van der Waals surface area (Å²) in [7, 11) is 0. The number of nitrogens with zero attached hydrogens (tertiary/aromatic N) is 2. The van der Waals surface area contributed by atoms with Crippen molar-refractivity contribution in [1.29, 1.82) is 0 Å². The van der Waals surface area contributed by atoms with Crippen LogP contribution >= 0.6 is 0 Å². The molecule has 0 saturated carbocycles. The van der Waals surface area contributed by atoms with E-state index in [0.717, 1.165) is 0 Å². The van der Waals surface area contributed by atoms with E-state index in [2.05, 4.69) is 10.1 Å². The summed E-state index contributed by atoms with van der Waals surface area (Å²) < 4.78 is 4.82. The second-order valence-electron chi connectivity index (χ2n) is 2.61. The molecule has 2 rings (SSSR count). The van der Waals surface area contributed by atoms with Crippen LogP contribution in [0.25, 0.3) is 11.1 Å². The smallest absolute Gasteiger partial charge is 0.336 e. The molecule has 2 aromatic heterocycles. The first-order chi connectivity index (χ1) is 6.20. The molecule has 0 radical (unpaired) electrons. The summed E-state index contributed by atoms with van der Waals surface area (Å²) in [5.41, 5.74) is 0.974. The van der Waals surface area contributed by atoms with E-state index >= 15 is 0 Å². The molecule has 0 bridgehead atoms. The zero-order chi connectivity index (χ0) is 9.42. The molecule has 0 aliphatic rings. The van der Waals surface area contributed by atoms with Crippen LogP contribution in [0, 0.1) is 6.92 Å². The number of hydrogen-bond donors (Lipinski definition) is 1. The summed E-state index contributed by atoms with van der Waals surface area (Å²) >= 11 is 0. The Bertz CT molecular complexity index is 475. The van der Waals surface area contributed by atoms with Crippen molar-refractivity contribution in [2.24, 2.45) is 0 Å². The molecule has 0 spiro atoms. The lowest BCUT2D eigenvalue weighted by Crippen LogP contribution is -1.97. The number of carbonyl (C=O) groups is 1. The molecule has 66 valence electrons. The minimum atomic E-state index is -1.00. The van der Waals surface area contributed by atoms with Gasteiger partial charge in [-0.3, -0.25) is 0 Å². The lowest BCUT2D eigenvalue weighted by Gasteiger charge is -1.93. The molecule has 0 amide bonds. The van der Waals surface area contributed by atoms with Crippen LogP contribution in [0.15, 0.2) is 16.8 Å². The standard InChI is InChI=1S/C8H6N2O3/c1-4-6-5(8(11)12)2-3-9-7(6)13-10-4/h2-3H,1H3,(H,11,12). The number of hydrogen-bond acceptors (Lipinski definition) is 4. The molecule has 2 heterocycles. The summed E-state index contributed by atoms with van der Waals surface area (Å²) in [6.07, 6.45) is 1.39. The zero-order valence-corrected chi connectivity index (χ0v) is 6.81. The molecular formula is C8H6N2O3. The predicted molar refractivity (Wildman–Crippen MR) is 43.5 cm³/mol. The van der Waals surface area contributed by atoms with Crippen molar-refractivity contribution in [1.82, 2.24) is 10.1 Å². The van der Waals surface area contributed by atoms with Gasteiger partial charge in [0.25, 0.3) is 5.71 Å². The maximum absolute atomic E-state index is 10.8. The van der Waals surface area contributed by atoms with Gasteiger partial charge >= 0.3 is 5.97 Å². The maximum atomic E-state index is 10.8. The van der Waals surface area contributed by atoms with Crippen LogP contribution in [-0.2, 0) is 0 Å². The Labute approximate surface area is 73.0 Å². The van der Waals surface area contributed by atoms with E-state index < -0.39 is 5.97 Å².